The number of rotatable bonds is 2. The van der Waals surface area contributed by atoms with Crippen molar-refractivity contribution in [3.63, 3.8) is 0 Å². The normalized spacial score (nSPS) is 25.1. The van der Waals surface area contributed by atoms with Crippen LogP contribution in [0, 0.1) is 5.41 Å². The van der Waals surface area contributed by atoms with Crippen molar-refractivity contribution in [1.29, 1.82) is 0 Å². The fourth-order valence-corrected chi connectivity index (χ4v) is 3.30. The number of hydrogen-bond acceptors (Lipinski definition) is 3. The first-order chi connectivity index (χ1) is 10.7. The van der Waals surface area contributed by atoms with E-state index in [0.717, 1.165) is 24.0 Å². The molecule has 1 atom stereocenters. The molecule has 1 aliphatic carbocycles. The predicted octanol–water partition coefficient (Wildman–Crippen LogP) is 1.86. The van der Waals surface area contributed by atoms with Crippen molar-refractivity contribution in [3.05, 3.63) is 23.3 Å². The van der Waals surface area contributed by atoms with Gasteiger partial charge in [-0.1, -0.05) is 19.9 Å². The van der Waals surface area contributed by atoms with Crippen molar-refractivity contribution in [2.75, 3.05) is 26.2 Å². The molecule has 0 aromatic rings. The molecule has 0 aromatic carbocycles. The van der Waals surface area contributed by atoms with Crippen LogP contribution in [0.3, 0.4) is 0 Å². The number of carboxylic acid groups (broad SMARTS) is 1. The topological polar surface area (TPSA) is 81.1 Å². The zero-order chi connectivity index (χ0) is 17.2. The van der Waals surface area contributed by atoms with E-state index in [1.54, 1.807) is 11.0 Å². The molecule has 23 heavy (non-hydrogen) atoms. The summed E-state index contributed by atoms with van der Waals surface area (Å²) in [4.78, 5) is 26.2. The Morgan fingerprint density at radius 1 is 1.17 bits per heavy atom. The predicted molar refractivity (Wildman–Crippen MR) is 87.0 cm³/mol. The van der Waals surface area contributed by atoms with Gasteiger partial charge in [-0.25, -0.2) is 4.79 Å². The number of piperazine rings is 1. The van der Waals surface area contributed by atoms with E-state index < -0.39 is 12.2 Å². The largest absolute Gasteiger partial charge is 0.465 e. The highest BCUT2D eigenvalue weighted by Gasteiger charge is 2.31. The van der Waals surface area contributed by atoms with Crippen LogP contribution in [-0.2, 0) is 4.79 Å². The highest BCUT2D eigenvalue weighted by molar-refractivity contribution is 5.88. The van der Waals surface area contributed by atoms with Gasteiger partial charge in [0, 0.05) is 32.3 Å². The molecule has 0 spiro atoms. The van der Waals surface area contributed by atoms with Crippen LogP contribution >= 0.6 is 0 Å². The third-order valence-electron chi connectivity index (χ3n) is 4.95. The summed E-state index contributed by atoms with van der Waals surface area (Å²) in [5, 5.41) is 19.0. The Morgan fingerprint density at radius 2 is 1.74 bits per heavy atom. The molecule has 1 aliphatic heterocycles. The van der Waals surface area contributed by atoms with Crippen LogP contribution in [0.2, 0.25) is 0 Å². The van der Waals surface area contributed by atoms with E-state index in [9.17, 15) is 14.7 Å². The minimum atomic E-state index is -0.939. The van der Waals surface area contributed by atoms with Gasteiger partial charge in [0.05, 0.1) is 6.10 Å². The van der Waals surface area contributed by atoms with Gasteiger partial charge in [-0.2, -0.15) is 0 Å². The zero-order valence-corrected chi connectivity index (χ0v) is 14.1. The van der Waals surface area contributed by atoms with E-state index in [1.807, 2.05) is 13.0 Å². The SMILES string of the molecule is CC1=C(/C=C/C(=O)N2CCN(C(=O)O)CC2)C(C)(C)CCC1O. The molecule has 0 radical (unpaired) electrons. The summed E-state index contributed by atoms with van der Waals surface area (Å²) >= 11 is 0. The fraction of sp³-hybridized carbons (Fsp3) is 0.647. The molecule has 0 bridgehead atoms. The van der Waals surface area contributed by atoms with E-state index in [1.165, 1.54) is 4.90 Å². The van der Waals surface area contributed by atoms with Crippen molar-refractivity contribution in [1.82, 2.24) is 9.80 Å². The van der Waals surface area contributed by atoms with E-state index in [4.69, 9.17) is 5.11 Å². The third kappa shape index (κ3) is 3.93. The summed E-state index contributed by atoms with van der Waals surface area (Å²) in [5.74, 6) is -0.105. The Bertz CT molecular complexity index is 543. The monoisotopic (exact) mass is 322 g/mol. The van der Waals surface area contributed by atoms with E-state index >= 15 is 0 Å². The average Bonchev–Trinajstić information content (AvgIpc) is 2.51. The molecule has 1 fully saturated rings. The third-order valence-corrected chi connectivity index (χ3v) is 4.95. The number of carbonyl (C=O) groups excluding carboxylic acids is 1. The van der Waals surface area contributed by atoms with Crippen LogP contribution in [0.1, 0.15) is 33.6 Å². The van der Waals surface area contributed by atoms with Crippen LogP contribution < -0.4 is 0 Å². The average molecular weight is 322 g/mol. The number of aliphatic hydroxyl groups is 1. The first kappa shape index (κ1) is 17.5. The molecule has 2 rings (SSSR count). The highest BCUT2D eigenvalue weighted by Crippen LogP contribution is 2.40. The molecule has 128 valence electrons. The lowest BCUT2D eigenvalue weighted by atomic mass is 9.71. The summed E-state index contributed by atoms with van der Waals surface area (Å²) in [7, 11) is 0. The second-order valence-electron chi connectivity index (χ2n) is 6.96. The van der Waals surface area contributed by atoms with E-state index in [0.29, 0.717) is 26.2 Å². The lowest BCUT2D eigenvalue weighted by molar-refractivity contribution is -0.127. The Kier molecular flexibility index (Phi) is 5.14. The molecule has 0 saturated carbocycles. The molecule has 2 aliphatic rings. The van der Waals surface area contributed by atoms with Crippen molar-refractivity contribution in [2.24, 2.45) is 5.41 Å². The molecule has 6 heteroatoms. The fourth-order valence-electron chi connectivity index (χ4n) is 3.30. The van der Waals surface area contributed by atoms with E-state index in [2.05, 4.69) is 13.8 Å². The van der Waals surface area contributed by atoms with Crippen LogP contribution in [0.4, 0.5) is 4.79 Å². The molecule has 2 amide bonds. The molecule has 1 heterocycles. The molecule has 1 unspecified atom stereocenters. The first-order valence-electron chi connectivity index (χ1n) is 8.06. The van der Waals surface area contributed by atoms with Gasteiger partial charge < -0.3 is 20.0 Å². The maximum atomic E-state index is 12.3. The first-order valence-corrected chi connectivity index (χ1v) is 8.06. The lowest BCUT2D eigenvalue weighted by Gasteiger charge is -2.35. The smallest absolute Gasteiger partial charge is 0.407 e. The van der Waals surface area contributed by atoms with Gasteiger partial charge in [-0.15, -0.1) is 0 Å². The van der Waals surface area contributed by atoms with Crippen LogP contribution in [0.15, 0.2) is 23.3 Å². The Morgan fingerprint density at radius 3 is 2.30 bits per heavy atom. The van der Waals surface area contributed by atoms with E-state index in [-0.39, 0.29) is 11.3 Å². The van der Waals surface area contributed by atoms with Gasteiger partial charge in [0.25, 0.3) is 0 Å². The summed E-state index contributed by atoms with van der Waals surface area (Å²) in [6.07, 6.45) is 3.64. The number of amides is 2. The Labute approximate surface area is 137 Å². The number of carbonyl (C=O) groups is 2. The molecule has 6 nitrogen and oxygen atoms in total. The molecular formula is C17H26N2O4. The van der Waals surface area contributed by atoms with Crippen molar-refractivity contribution >= 4 is 12.0 Å². The van der Waals surface area contributed by atoms with Gasteiger partial charge in [-0.05, 0) is 36.3 Å². The van der Waals surface area contributed by atoms with Crippen LogP contribution in [0.25, 0.3) is 0 Å². The van der Waals surface area contributed by atoms with Crippen molar-refractivity contribution in [2.45, 2.75) is 39.7 Å². The second-order valence-corrected chi connectivity index (χ2v) is 6.96. The summed E-state index contributed by atoms with van der Waals surface area (Å²) in [6, 6.07) is 0. The highest BCUT2D eigenvalue weighted by atomic mass is 16.4. The summed E-state index contributed by atoms with van der Waals surface area (Å²) in [5.41, 5.74) is 1.90. The molecular weight excluding hydrogens is 296 g/mol. The Balaban J connectivity index is 2.04. The van der Waals surface area contributed by atoms with Crippen molar-refractivity contribution in [3.8, 4) is 0 Å². The van der Waals surface area contributed by atoms with Crippen molar-refractivity contribution < 1.29 is 19.8 Å². The minimum absolute atomic E-state index is 0.0535. The van der Waals surface area contributed by atoms with Gasteiger partial charge >= 0.3 is 6.09 Å². The van der Waals surface area contributed by atoms with Gasteiger partial charge in [-0.3, -0.25) is 4.79 Å². The molecule has 0 aromatic heterocycles. The number of nitrogens with zero attached hydrogens (tertiary/aromatic N) is 2. The summed E-state index contributed by atoms with van der Waals surface area (Å²) in [6.45, 7) is 7.69. The van der Waals surface area contributed by atoms with Crippen LogP contribution in [0.5, 0.6) is 0 Å². The summed E-state index contributed by atoms with van der Waals surface area (Å²) < 4.78 is 0. The standard InChI is InChI=1S/C17H26N2O4/c1-12-13(17(2,3)7-6-14(12)20)4-5-15(21)18-8-10-19(11-9-18)16(22)23/h4-5,14,20H,6-11H2,1-3H3,(H,22,23)/b5-4+. The van der Waals surface area contributed by atoms with Crippen LogP contribution in [-0.4, -0.2) is 64.3 Å². The minimum Gasteiger partial charge on any atom is -0.465 e. The molecule has 1 saturated heterocycles. The quantitative estimate of drug-likeness (QED) is 0.761. The maximum absolute atomic E-state index is 12.3. The number of aliphatic hydroxyl groups excluding tert-OH is 1. The maximum Gasteiger partial charge on any atom is 0.407 e. The molecule has 2 N–H and O–H groups in total. The number of hydrogen-bond donors (Lipinski definition) is 2. The van der Waals surface area contributed by atoms with Gasteiger partial charge in [0.15, 0.2) is 0 Å². The zero-order valence-electron chi connectivity index (χ0n) is 14.1. The number of allylic oxidation sites excluding steroid dienone is 2. The van der Waals surface area contributed by atoms with Gasteiger partial charge in [0.1, 0.15) is 0 Å². The van der Waals surface area contributed by atoms with Gasteiger partial charge in [0.2, 0.25) is 5.91 Å². The Hall–Kier alpha value is -1.82. The lowest BCUT2D eigenvalue weighted by Crippen LogP contribution is -2.49. The second kappa shape index (κ2) is 6.74.